The summed E-state index contributed by atoms with van der Waals surface area (Å²) < 4.78 is 19.7. The fourth-order valence-corrected chi connectivity index (χ4v) is 2.57. The first kappa shape index (κ1) is 17.3. The summed E-state index contributed by atoms with van der Waals surface area (Å²) in [7, 11) is 3.38. The zero-order valence-corrected chi connectivity index (χ0v) is 13.5. The molecule has 0 fully saturated rings. The second kappa shape index (κ2) is 8.52. The fourth-order valence-electron chi connectivity index (χ4n) is 2.29. The molecule has 0 radical (unpaired) electrons. The summed E-state index contributed by atoms with van der Waals surface area (Å²) in [5.41, 5.74) is 0.877. The van der Waals surface area contributed by atoms with Gasteiger partial charge in [-0.05, 0) is 56.6 Å². The Morgan fingerprint density at radius 3 is 2.70 bits per heavy atom. The third-order valence-electron chi connectivity index (χ3n) is 3.28. The summed E-state index contributed by atoms with van der Waals surface area (Å²) in [6, 6.07) is 7.94. The van der Waals surface area contributed by atoms with E-state index in [1.165, 1.54) is 0 Å². The monoisotopic (exact) mass is 299 g/mol. The van der Waals surface area contributed by atoms with Crippen LogP contribution in [0.5, 0.6) is 5.75 Å². The van der Waals surface area contributed by atoms with Crippen LogP contribution >= 0.6 is 12.0 Å². The van der Waals surface area contributed by atoms with E-state index < -0.39 is 0 Å². The van der Waals surface area contributed by atoms with E-state index in [2.05, 4.69) is 19.2 Å². The van der Waals surface area contributed by atoms with Crippen LogP contribution in [0.3, 0.4) is 0 Å². The van der Waals surface area contributed by atoms with Crippen molar-refractivity contribution in [1.82, 2.24) is 5.32 Å². The molecule has 0 aliphatic carbocycles. The number of ether oxygens (including phenoxy) is 2. The molecule has 0 bridgehead atoms. The molecule has 114 valence electrons. The lowest BCUT2D eigenvalue weighted by Crippen LogP contribution is -2.46. The highest BCUT2D eigenvalue weighted by molar-refractivity contribution is 7.93. The number of methoxy groups -OCH3 is 2. The molecule has 4 nitrogen and oxygen atoms in total. The highest BCUT2D eigenvalue weighted by Gasteiger charge is 2.30. The molecular formula is C15H25NO3S. The van der Waals surface area contributed by atoms with Gasteiger partial charge in [0.15, 0.2) is 0 Å². The van der Waals surface area contributed by atoms with Gasteiger partial charge in [-0.1, -0.05) is 12.1 Å². The minimum absolute atomic E-state index is 0.0700. The van der Waals surface area contributed by atoms with Gasteiger partial charge in [0.05, 0.1) is 13.2 Å². The first-order valence-corrected chi connectivity index (χ1v) is 7.67. The van der Waals surface area contributed by atoms with Gasteiger partial charge in [0.2, 0.25) is 0 Å². The Balaban J connectivity index is 2.76. The van der Waals surface area contributed by atoms with E-state index in [0.717, 1.165) is 42.1 Å². The number of benzene rings is 1. The fraction of sp³-hybridized carbons (Fsp3) is 0.600. The first-order valence-electron chi connectivity index (χ1n) is 6.73. The summed E-state index contributed by atoms with van der Waals surface area (Å²) in [5, 5.41) is 3.49. The highest BCUT2D eigenvalue weighted by atomic mass is 32.2. The molecule has 0 aliphatic heterocycles. The summed E-state index contributed by atoms with van der Waals surface area (Å²) >= 11 is 0.880. The molecule has 20 heavy (non-hydrogen) atoms. The van der Waals surface area contributed by atoms with Crippen molar-refractivity contribution in [3.63, 3.8) is 0 Å². The average molecular weight is 299 g/mol. The third-order valence-corrected chi connectivity index (χ3v) is 3.75. The number of nitrogens with one attached hydrogen (secondary N) is 1. The van der Waals surface area contributed by atoms with Crippen LogP contribution in [0.2, 0.25) is 0 Å². The molecule has 1 unspecified atom stereocenters. The summed E-state index contributed by atoms with van der Waals surface area (Å²) in [6.45, 7) is 5.07. The van der Waals surface area contributed by atoms with Gasteiger partial charge in [-0.2, -0.15) is 0 Å². The molecule has 5 heteroatoms. The second-order valence-corrected chi connectivity index (χ2v) is 5.89. The van der Waals surface area contributed by atoms with E-state index in [-0.39, 0.29) is 11.6 Å². The molecule has 0 saturated heterocycles. The normalized spacial score (nSPS) is 13.2. The van der Waals surface area contributed by atoms with Gasteiger partial charge in [0, 0.05) is 18.4 Å². The number of rotatable bonds is 9. The zero-order chi connectivity index (χ0) is 15.0. The molecule has 2 N–H and O–H groups in total. The van der Waals surface area contributed by atoms with Crippen LogP contribution in [0.1, 0.15) is 31.9 Å². The van der Waals surface area contributed by atoms with Crippen LogP contribution in [0, 0.1) is 0 Å². The van der Waals surface area contributed by atoms with Crippen LogP contribution in [-0.2, 0) is 4.74 Å². The van der Waals surface area contributed by atoms with E-state index in [1.54, 1.807) is 14.2 Å². The van der Waals surface area contributed by atoms with Crippen molar-refractivity contribution in [1.29, 1.82) is 0 Å². The van der Waals surface area contributed by atoms with Crippen LogP contribution < -0.4 is 10.1 Å². The van der Waals surface area contributed by atoms with Gasteiger partial charge in [0.25, 0.3) is 0 Å². The van der Waals surface area contributed by atoms with E-state index in [4.69, 9.17) is 14.0 Å². The van der Waals surface area contributed by atoms with Crippen molar-refractivity contribution in [3.8, 4) is 5.75 Å². The van der Waals surface area contributed by atoms with Crippen molar-refractivity contribution in [2.45, 2.75) is 31.9 Å². The smallest absolute Gasteiger partial charge is 0.119 e. The Hall–Kier alpha value is -0.750. The van der Waals surface area contributed by atoms with Gasteiger partial charge in [-0.15, -0.1) is 0 Å². The van der Waals surface area contributed by atoms with E-state index in [9.17, 15) is 0 Å². The quantitative estimate of drug-likeness (QED) is 0.541. The molecule has 0 aliphatic rings. The van der Waals surface area contributed by atoms with Gasteiger partial charge >= 0.3 is 0 Å². The van der Waals surface area contributed by atoms with Crippen LogP contribution in [0.15, 0.2) is 24.3 Å². The van der Waals surface area contributed by atoms with Gasteiger partial charge in [-0.25, -0.2) is 0 Å². The summed E-state index contributed by atoms with van der Waals surface area (Å²) in [5.74, 6) is 1.57. The topological polar surface area (TPSA) is 50.7 Å². The molecule has 1 atom stereocenters. The first-order chi connectivity index (χ1) is 9.55. The Bertz CT molecular complexity index is 398. The molecule has 1 aromatic carbocycles. The van der Waals surface area contributed by atoms with Crippen LogP contribution in [0.25, 0.3) is 0 Å². The van der Waals surface area contributed by atoms with Crippen molar-refractivity contribution < 1.29 is 14.0 Å². The average Bonchev–Trinajstić information content (AvgIpc) is 2.44. The van der Waals surface area contributed by atoms with E-state index in [1.807, 2.05) is 24.3 Å². The lowest BCUT2D eigenvalue weighted by atomic mass is 9.90. The van der Waals surface area contributed by atoms with Crippen molar-refractivity contribution in [2.24, 2.45) is 0 Å². The summed E-state index contributed by atoms with van der Waals surface area (Å²) in [6.07, 6.45) is 0.846. The Kier molecular flexibility index (Phi) is 7.37. The minimum atomic E-state index is -0.207. The molecule has 0 amide bonds. The number of hydrogen-bond donors (Lipinski definition) is 2. The molecule has 0 spiro atoms. The predicted molar refractivity (Wildman–Crippen MR) is 84.5 cm³/mol. The molecular weight excluding hydrogens is 274 g/mol. The lowest BCUT2D eigenvalue weighted by Gasteiger charge is -2.35. The lowest BCUT2D eigenvalue weighted by molar-refractivity contribution is 0.0313. The van der Waals surface area contributed by atoms with Crippen molar-refractivity contribution in [3.05, 3.63) is 29.8 Å². The van der Waals surface area contributed by atoms with Crippen molar-refractivity contribution in [2.75, 3.05) is 26.5 Å². The molecule has 0 heterocycles. The van der Waals surface area contributed by atoms with E-state index >= 15 is 0 Å². The predicted octanol–water partition coefficient (Wildman–Crippen LogP) is 3.35. The van der Waals surface area contributed by atoms with Crippen LogP contribution in [0.4, 0.5) is 0 Å². The van der Waals surface area contributed by atoms with Crippen LogP contribution in [-0.4, -0.2) is 36.6 Å². The summed E-state index contributed by atoms with van der Waals surface area (Å²) in [4.78, 5) is 0. The van der Waals surface area contributed by atoms with Gasteiger partial charge in [0.1, 0.15) is 5.75 Å². The maximum atomic E-state index is 8.74. The second-order valence-electron chi connectivity index (χ2n) is 5.23. The van der Waals surface area contributed by atoms with Gasteiger partial charge < -0.3 is 19.3 Å². The largest absolute Gasteiger partial charge is 0.497 e. The zero-order valence-electron chi connectivity index (χ0n) is 12.7. The SMILES string of the molecule is COc1cccc(C(OC)C(C)(C)NCCCSO)c1. The molecule has 1 aromatic rings. The Morgan fingerprint density at radius 2 is 2.10 bits per heavy atom. The Morgan fingerprint density at radius 1 is 1.35 bits per heavy atom. The standard InChI is InChI=1S/C15H25NO3S/c1-15(2,16-9-6-10-20-17)14(19-4)12-7-5-8-13(11-12)18-3/h5,7-8,11,14,16-17H,6,9-10H2,1-4H3. The minimum Gasteiger partial charge on any atom is -0.497 e. The third kappa shape index (κ3) is 4.98. The molecule has 0 saturated carbocycles. The maximum absolute atomic E-state index is 8.74. The Labute approximate surface area is 126 Å². The molecule has 1 rings (SSSR count). The van der Waals surface area contributed by atoms with E-state index in [0.29, 0.717) is 0 Å². The van der Waals surface area contributed by atoms with Crippen molar-refractivity contribution >= 4 is 12.0 Å². The number of hydrogen-bond acceptors (Lipinski definition) is 5. The highest BCUT2D eigenvalue weighted by Crippen LogP contribution is 2.30. The maximum Gasteiger partial charge on any atom is 0.119 e. The van der Waals surface area contributed by atoms with Gasteiger partial charge in [-0.3, -0.25) is 0 Å². The molecule has 0 aromatic heterocycles.